The first-order valence-electron chi connectivity index (χ1n) is 10.4. The maximum Gasteiger partial charge on any atom is 0.274 e. The van der Waals surface area contributed by atoms with E-state index >= 15 is 0 Å². The number of halogens is 1. The number of anilines is 1. The summed E-state index contributed by atoms with van der Waals surface area (Å²) in [6.07, 6.45) is 6.73. The number of hydrogen-bond donors (Lipinski definition) is 2. The summed E-state index contributed by atoms with van der Waals surface area (Å²) >= 11 is 6.05. The Labute approximate surface area is 192 Å². The van der Waals surface area contributed by atoms with Gasteiger partial charge in [0, 0.05) is 53.3 Å². The zero-order valence-corrected chi connectivity index (χ0v) is 19.2. The van der Waals surface area contributed by atoms with Crippen LogP contribution in [0.1, 0.15) is 37.7 Å². The highest BCUT2D eigenvalue weighted by Gasteiger charge is 2.22. The molecule has 0 saturated carbocycles. The summed E-state index contributed by atoms with van der Waals surface area (Å²) in [6.45, 7) is 6.63. The molecule has 2 amide bonds. The van der Waals surface area contributed by atoms with E-state index in [-0.39, 0.29) is 29.6 Å². The Bertz CT molecular complexity index is 1080. The van der Waals surface area contributed by atoms with Crippen molar-refractivity contribution in [3.63, 3.8) is 0 Å². The van der Waals surface area contributed by atoms with Gasteiger partial charge in [0.15, 0.2) is 0 Å². The lowest BCUT2D eigenvalue weighted by Crippen LogP contribution is -2.47. The number of hydrogen-bond acceptors (Lipinski definition) is 6. The Hall–Kier alpha value is -3.26. The van der Waals surface area contributed by atoms with Gasteiger partial charge in [-0.15, -0.1) is 0 Å². The van der Waals surface area contributed by atoms with Crippen molar-refractivity contribution in [2.75, 3.05) is 25.0 Å². The highest BCUT2D eigenvalue weighted by Crippen LogP contribution is 2.24. The minimum absolute atomic E-state index is 0.0522. The summed E-state index contributed by atoms with van der Waals surface area (Å²) in [5.41, 5.74) is 1.57. The number of pyridine rings is 1. The second-order valence-corrected chi connectivity index (χ2v) is 8.85. The number of nitrogens with one attached hydrogen (secondary N) is 2. The van der Waals surface area contributed by atoms with Gasteiger partial charge in [0.25, 0.3) is 5.91 Å². The van der Waals surface area contributed by atoms with Crippen molar-refractivity contribution in [1.82, 2.24) is 25.2 Å². The van der Waals surface area contributed by atoms with Crippen molar-refractivity contribution in [2.24, 2.45) is 0 Å². The smallest absolute Gasteiger partial charge is 0.274 e. The Morgan fingerprint density at radius 3 is 2.62 bits per heavy atom. The quantitative estimate of drug-likeness (QED) is 0.505. The molecule has 0 aliphatic rings. The van der Waals surface area contributed by atoms with Crippen molar-refractivity contribution in [1.29, 1.82) is 0 Å². The van der Waals surface area contributed by atoms with E-state index in [0.717, 1.165) is 16.6 Å². The van der Waals surface area contributed by atoms with E-state index in [1.165, 1.54) is 23.5 Å². The van der Waals surface area contributed by atoms with Crippen molar-refractivity contribution < 1.29 is 9.59 Å². The van der Waals surface area contributed by atoms with Gasteiger partial charge >= 0.3 is 0 Å². The molecule has 9 heteroatoms. The van der Waals surface area contributed by atoms with Gasteiger partial charge in [0.05, 0.1) is 18.3 Å². The highest BCUT2D eigenvalue weighted by molar-refractivity contribution is 6.31. The van der Waals surface area contributed by atoms with Crippen LogP contribution >= 0.6 is 11.6 Å². The lowest BCUT2D eigenvalue weighted by molar-refractivity contribution is -0.123. The molecule has 0 fully saturated rings. The zero-order chi connectivity index (χ0) is 23.1. The van der Waals surface area contributed by atoms with Gasteiger partial charge in [0.1, 0.15) is 5.69 Å². The van der Waals surface area contributed by atoms with Crippen molar-refractivity contribution in [2.45, 2.75) is 32.7 Å². The van der Waals surface area contributed by atoms with Crippen LogP contribution in [0.4, 0.5) is 5.69 Å². The maximum absolute atomic E-state index is 12.9. The molecule has 2 heterocycles. The summed E-state index contributed by atoms with van der Waals surface area (Å²) in [7, 11) is 0. The van der Waals surface area contributed by atoms with Crippen LogP contribution in [0.25, 0.3) is 10.9 Å². The number of amides is 2. The van der Waals surface area contributed by atoms with E-state index in [4.69, 9.17) is 11.6 Å². The number of fused-ring (bicyclic) bond motifs is 1. The monoisotopic (exact) mass is 454 g/mol. The fourth-order valence-electron chi connectivity index (χ4n) is 3.22. The van der Waals surface area contributed by atoms with Gasteiger partial charge in [-0.25, -0.2) is 4.98 Å². The fourth-order valence-corrected chi connectivity index (χ4v) is 3.39. The van der Waals surface area contributed by atoms with Gasteiger partial charge in [-0.2, -0.15) is 0 Å². The Balaban J connectivity index is 1.64. The van der Waals surface area contributed by atoms with E-state index in [1.807, 2.05) is 45.0 Å². The molecule has 32 heavy (non-hydrogen) atoms. The molecule has 0 atom stereocenters. The van der Waals surface area contributed by atoms with E-state index in [1.54, 1.807) is 6.20 Å². The minimum atomic E-state index is -0.384. The molecule has 0 bridgehead atoms. The molecule has 0 aliphatic carbocycles. The van der Waals surface area contributed by atoms with Crippen molar-refractivity contribution >= 4 is 40.0 Å². The number of benzene rings is 1. The molecule has 3 aromatic rings. The van der Waals surface area contributed by atoms with Gasteiger partial charge in [-0.3, -0.25) is 19.6 Å². The molecular weight excluding hydrogens is 428 g/mol. The highest BCUT2D eigenvalue weighted by atomic mass is 35.5. The first-order valence-corrected chi connectivity index (χ1v) is 10.8. The second-order valence-electron chi connectivity index (χ2n) is 8.42. The molecule has 168 valence electrons. The molecule has 8 nitrogen and oxygen atoms in total. The molecule has 0 radical (unpaired) electrons. The Morgan fingerprint density at radius 1 is 1.09 bits per heavy atom. The normalized spacial score (nSPS) is 11.2. The third-order valence-corrected chi connectivity index (χ3v) is 4.78. The summed E-state index contributed by atoms with van der Waals surface area (Å²) in [5, 5.41) is 7.88. The largest absolute Gasteiger partial charge is 0.384 e. The average Bonchev–Trinajstić information content (AvgIpc) is 2.74. The number of carbonyl (C=O) groups excluding carboxylic acids is 2. The SMILES string of the molecule is CC(C)(C)NC(=O)CN(CCCNc1ccnc2cc(Cl)ccc12)C(=O)c1cnccn1. The predicted octanol–water partition coefficient (Wildman–Crippen LogP) is 3.54. The van der Waals surface area contributed by atoms with Gasteiger partial charge in [0.2, 0.25) is 5.91 Å². The molecule has 0 unspecified atom stereocenters. The molecule has 2 N–H and O–H groups in total. The second kappa shape index (κ2) is 10.4. The Morgan fingerprint density at radius 2 is 1.91 bits per heavy atom. The molecule has 0 saturated heterocycles. The van der Waals surface area contributed by atoms with Crippen LogP contribution in [-0.4, -0.2) is 56.8 Å². The number of aromatic nitrogens is 3. The van der Waals surface area contributed by atoms with Crippen LogP contribution in [0.2, 0.25) is 5.02 Å². The van der Waals surface area contributed by atoms with Crippen LogP contribution in [0, 0.1) is 0 Å². The van der Waals surface area contributed by atoms with Crippen LogP contribution in [0.15, 0.2) is 49.1 Å². The summed E-state index contributed by atoms with van der Waals surface area (Å²) in [5.74, 6) is -0.550. The number of rotatable bonds is 8. The lowest BCUT2D eigenvalue weighted by Gasteiger charge is -2.25. The number of nitrogens with zero attached hydrogens (tertiary/aromatic N) is 4. The molecule has 3 rings (SSSR count). The summed E-state index contributed by atoms with van der Waals surface area (Å²) in [4.78, 5) is 39.3. The zero-order valence-electron chi connectivity index (χ0n) is 18.4. The van der Waals surface area contributed by atoms with E-state index in [0.29, 0.717) is 24.5 Å². The molecule has 2 aromatic heterocycles. The molecule has 0 aliphatic heterocycles. The summed E-state index contributed by atoms with van der Waals surface area (Å²) < 4.78 is 0. The van der Waals surface area contributed by atoms with Crippen molar-refractivity contribution in [3.8, 4) is 0 Å². The van der Waals surface area contributed by atoms with Gasteiger partial charge in [-0.1, -0.05) is 11.6 Å². The minimum Gasteiger partial charge on any atom is -0.384 e. The first-order chi connectivity index (χ1) is 15.2. The average molecular weight is 455 g/mol. The van der Waals surface area contributed by atoms with E-state index in [9.17, 15) is 9.59 Å². The Kier molecular flexibility index (Phi) is 7.58. The van der Waals surface area contributed by atoms with Crippen LogP contribution in [-0.2, 0) is 4.79 Å². The topological polar surface area (TPSA) is 100 Å². The standard InChI is InChI=1S/C23H27ClN6O2/c1-23(2,3)29-21(31)15-30(22(32)20-14-25-10-11-28-20)12-4-8-26-18-7-9-27-19-13-16(24)5-6-17(18)19/h5-7,9-11,13-14H,4,8,12,15H2,1-3H3,(H,26,27)(H,29,31). The fraction of sp³-hybridized carbons (Fsp3) is 0.348. The van der Waals surface area contributed by atoms with E-state index in [2.05, 4.69) is 25.6 Å². The third-order valence-electron chi connectivity index (χ3n) is 4.54. The summed E-state index contributed by atoms with van der Waals surface area (Å²) in [6, 6.07) is 7.46. The molecular formula is C23H27ClN6O2. The van der Waals surface area contributed by atoms with Crippen LogP contribution in [0.3, 0.4) is 0 Å². The van der Waals surface area contributed by atoms with Crippen LogP contribution < -0.4 is 10.6 Å². The van der Waals surface area contributed by atoms with Gasteiger partial charge < -0.3 is 15.5 Å². The van der Waals surface area contributed by atoms with Gasteiger partial charge in [-0.05, 0) is 51.5 Å². The molecule has 1 aromatic carbocycles. The third kappa shape index (κ3) is 6.62. The molecule has 0 spiro atoms. The maximum atomic E-state index is 12.9. The van der Waals surface area contributed by atoms with Crippen molar-refractivity contribution in [3.05, 3.63) is 59.8 Å². The lowest BCUT2D eigenvalue weighted by atomic mass is 10.1. The first kappa shape index (κ1) is 23.4. The number of carbonyl (C=O) groups is 2. The van der Waals surface area contributed by atoms with Crippen LogP contribution in [0.5, 0.6) is 0 Å². The predicted molar refractivity (Wildman–Crippen MR) is 126 cm³/mol. The van der Waals surface area contributed by atoms with E-state index < -0.39 is 0 Å².